The summed E-state index contributed by atoms with van der Waals surface area (Å²) in [5.41, 5.74) is 0.119. The van der Waals surface area contributed by atoms with E-state index in [9.17, 15) is 13.6 Å². The first-order valence-electron chi connectivity index (χ1n) is 7.83. The van der Waals surface area contributed by atoms with Crippen molar-refractivity contribution in [3.63, 3.8) is 0 Å². The highest BCUT2D eigenvalue weighted by Crippen LogP contribution is 2.24. The maximum Gasteiger partial charge on any atom is 0.220 e. The van der Waals surface area contributed by atoms with Crippen molar-refractivity contribution in [3.8, 4) is 11.3 Å². The van der Waals surface area contributed by atoms with Crippen molar-refractivity contribution < 1.29 is 23.1 Å². The Morgan fingerprint density at radius 1 is 1.42 bits per heavy atom. The summed E-state index contributed by atoms with van der Waals surface area (Å²) < 4.78 is 32.0. The van der Waals surface area contributed by atoms with Crippen LogP contribution in [0.4, 0.5) is 8.78 Å². The molecule has 1 unspecified atom stereocenters. The lowest BCUT2D eigenvalue weighted by atomic mass is 10.1. The molecule has 0 fully saturated rings. The van der Waals surface area contributed by atoms with Crippen LogP contribution in [0.2, 0.25) is 0 Å². The van der Waals surface area contributed by atoms with Crippen LogP contribution in [0, 0.1) is 11.6 Å². The summed E-state index contributed by atoms with van der Waals surface area (Å²) in [5.74, 6) is -1.07. The number of halogens is 2. The van der Waals surface area contributed by atoms with Gasteiger partial charge in [0.2, 0.25) is 5.91 Å². The molecular weight excluding hydrogens is 318 g/mol. The van der Waals surface area contributed by atoms with Crippen LogP contribution in [-0.4, -0.2) is 28.6 Å². The summed E-state index contributed by atoms with van der Waals surface area (Å²) in [6, 6.07) is 3.13. The number of nitrogens with zero attached hydrogens (tertiary/aromatic N) is 1. The number of rotatable bonds is 8. The maximum absolute atomic E-state index is 13.7. The fourth-order valence-electron chi connectivity index (χ4n) is 2.29. The molecule has 0 aliphatic rings. The smallest absolute Gasteiger partial charge is 0.220 e. The van der Waals surface area contributed by atoms with E-state index in [1.54, 1.807) is 0 Å². The number of aryl methyl sites for hydroxylation is 1. The average Bonchev–Trinajstić information content (AvgIpc) is 3.01. The zero-order valence-electron chi connectivity index (χ0n) is 13.4. The van der Waals surface area contributed by atoms with Crippen molar-refractivity contribution in [2.45, 2.75) is 38.6 Å². The van der Waals surface area contributed by atoms with E-state index >= 15 is 0 Å². The molecule has 1 aromatic carbocycles. The Morgan fingerprint density at radius 2 is 2.21 bits per heavy atom. The van der Waals surface area contributed by atoms with E-state index in [1.807, 2.05) is 6.92 Å². The van der Waals surface area contributed by atoms with Crippen molar-refractivity contribution in [2.75, 3.05) is 6.61 Å². The number of aliphatic hydroxyl groups is 1. The van der Waals surface area contributed by atoms with Crippen LogP contribution in [0.1, 0.15) is 32.1 Å². The Labute approximate surface area is 138 Å². The number of amides is 1. The Balaban J connectivity index is 1.93. The molecule has 130 valence electrons. The average molecular weight is 338 g/mol. The molecule has 0 bridgehead atoms. The number of carbonyl (C=O) groups is 1. The third kappa shape index (κ3) is 4.86. The molecule has 0 saturated heterocycles. The summed E-state index contributed by atoms with van der Waals surface area (Å²) >= 11 is 0. The van der Waals surface area contributed by atoms with Gasteiger partial charge in [-0.05, 0) is 25.0 Å². The first kappa shape index (κ1) is 18.1. The summed E-state index contributed by atoms with van der Waals surface area (Å²) in [5, 5.41) is 11.7. The van der Waals surface area contributed by atoms with Gasteiger partial charge in [-0.25, -0.2) is 13.8 Å². The summed E-state index contributed by atoms with van der Waals surface area (Å²) in [4.78, 5) is 15.9. The molecule has 1 amide bonds. The van der Waals surface area contributed by atoms with Crippen molar-refractivity contribution in [1.82, 2.24) is 10.3 Å². The molecule has 1 atom stereocenters. The van der Waals surface area contributed by atoms with Gasteiger partial charge in [0.15, 0.2) is 11.7 Å². The van der Waals surface area contributed by atoms with E-state index in [1.165, 1.54) is 12.3 Å². The molecule has 0 aliphatic heterocycles. The van der Waals surface area contributed by atoms with E-state index in [4.69, 9.17) is 9.52 Å². The van der Waals surface area contributed by atoms with Crippen LogP contribution < -0.4 is 5.32 Å². The molecule has 7 heteroatoms. The predicted octanol–water partition coefficient (Wildman–Crippen LogP) is 2.83. The van der Waals surface area contributed by atoms with Gasteiger partial charge in [0.1, 0.15) is 11.6 Å². The van der Waals surface area contributed by atoms with E-state index in [0.717, 1.165) is 18.6 Å². The molecule has 1 heterocycles. The van der Waals surface area contributed by atoms with E-state index in [-0.39, 0.29) is 42.7 Å². The van der Waals surface area contributed by atoms with Gasteiger partial charge >= 0.3 is 0 Å². The van der Waals surface area contributed by atoms with Gasteiger partial charge in [0.25, 0.3) is 0 Å². The van der Waals surface area contributed by atoms with Gasteiger partial charge < -0.3 is 14.8 Å². The topological polar surface area (TPSA) is 75.4 Å². The number of carbonyl (C=O) groups excluding carboxylic acids is 1. The molecule has 0 radical (unpaired) electrons. The van der Waals surface area contributed by atoms with Gasteiger partial charge in [-0.2, -0.15) is 0 Å². The predicted molar refractivity (Wildman–Crippen MR) is 84.1 cm³/mol. The minimum absolute atomic E-state index is 0.0190. The third-order valence-corrected chi connectivity index (χ3v) is 3.65. The summed E-state index contributed by atoms with van der Waals surface area (Å²) in [6.07, 6.45) is 3.04. The van der Waals surface area contributed by atoms with Crippen molar-refractivity contribution in [2.24, 2.45) is 0 Å². The zero-order chi connectivity index (χ0) is 17.5. The Morgan fingerprint density at radius 3 is 2.88 bits per heavy atom. The molecule has 2 rings (SSSR count). The van der Waals surface area contributed by atoms with Crippen LogP contribution >= 0.6 is 0 Å². The van der Waals surface area contributed by atoms with Crippen LogP contribution in [0.15, 0.2) is 28.8 Å². The van der Waals surface area contributed by atoms with Crippen LogP contribution in [0.25, 0.3) is 11.3 Å². The number of hydrogen-bond acceptors (Lipinski definition) is 4. The number of aromatic nitrogens is 1. The van der Waals surface area contributed by atoms with E-state index in [2.05, 4.69) is 10.3 Å². The van der Waals surface area contributed by atoms with Crippen molar-refractivity contribution in [3.05, 3.63) is 41.9 Å². The van der Waals surface area contributed by atoms with Crippen LogP contribution in [0.3, 0.4) is 0 Å². The van der Waals surface area contributed by atoms with E-state index < -0.39 is 11.6 Å². The number of nitrogens with one attached hydrogen (secondary N) is 1. The number of oxazole rings is 1. The van der Waals surface area contributed by atoms with Gasteiger partial charge in [0.05, 0.1) is 11.8 Å². The third-order valence-electron chi connectivity index (χ3n) is 3.65. The number of hydrogen-bond donors (Lipinski definition) is 2. The zero-order valence-corrected chi connectivity index (χ0v) is 13.4. The second-order valence-corrected chi connectivity index (χ2v) is 5.43. The fourth-order valence-corrected chi connectivity index (χ4v) is 2.29. The second kappa shape index (κ2) is 8.54. The van der Waals surface area contributed by atoms with Gasteiger partial charge in [-0.1, -0.05) is 6.92 Å². The monoisotopic (exact) mass is 338 g/mol. The Bertz CT molecular complexity index is 688. The van der Waals surface area contributed by atoms with Gasteiger partial charge in [-0.15, -0.1) is 0 Å². The quantitative estimate of drug-likeness (QED) is 0.776. The molecule has 1 aromatic heterocycles. The molecule has 5 nitrogen and oxygen atoms in total. The van der Waals surface area contributed by atoms with E-state index in [0.29, 0.717) is 12.3 Å². The number of benzene rings is 1. The van der Waals surface area contributed by atoms with Crippen molar-refractivity contribution >= 4 is 5.91 Å². The van der Waals surface area contributed by atoms with Gasteiger partial charge in [-0.3, -0.25) is 4.79 Å². The highest BCUT2D eigenvalue weighted by molar-refractivity contribution is 5.76. The Kier molecular flexibility index (Phi) is 6.43. The molecule has 0 aliphatic carbocycles. The molecule has 2 N–H and O–H groups in total. The molecule has 2 aromatic rings. The summed E-state index contributed by atoms with van der Waals surface area (Å²) in [6.45, 7) is 1.95. The highest BCUT2D eigenvalue weighted by Gasteiger charge is 2.14. The maximum atomic E-state index is 13.7. The number of aliphatic hydroxyl groups excluding tert-OH is 1. The van der Waals surface area contributed by atoms with Crippen LogP contribution in [0.5, 0.6) is 0 Å². The Hall–Kier alpha value is -2.28. The standard InChI is InChI=1S/C17H20F2N2O3/c1-2-12(7-8-22)21-16(23)5-6-17-20-10-15(24-17)13-4-3-11(18)9-14(13)19/h3-4,9-10,12,22H,2,5-8H2,1H3,(H,21,23). The largest absolute Gasteiger partial charge is 0.441 e. The minimum atomic E-state index is -0.731. The first-order chi connectivity index (χ1) is 11.5. The lowest BCUT2D eigenvalue weighted by molar-refractivity contribution is -0.121. The van der Waals surface area contributed by atoms with Crippen LogP contribution in [-0.2, 0) is 11.2 Å². The van der Waals surface area contributed by atoms with Crippen molar-refractivity contribution in [1.29, 1.82) is 0 Å². The lowest BCUT2D eigenvalue weighted by Crippen LogP contribution is -2.35. The lowest BCUT2D eigenvalue weighted by Gasteiger charge is -2.15. The molecule has 0 spiro atoms. The normalized spacial score (nSPS) is 12.2. The molecular formula is C17H20F2N2O3. The first-order valence-corrected chi connectivity index (χ1v) is 7.83. The highest BCUT2D eigenvalue weighted by atomic mass is 19.1. The molecule has 24 heavy (non-hydrogen) atoms. The fraction of sp³-hybridized carbons (Fsp3) is 0.412. The summed E-state index contributed by atoms with van der Waals surface area (Å²) in [7, 11) is 0. The minimum Gasteiger partial charge on any atom is -0.441 e. The van der Waals surface area contributed by atoms with Gasteiger partial charge in [0, 0.05) is 31.6 Å². The second-order valence-electron chi connectivity index (χ2n) is 5.43. The molecule has 0 saturated carbocycles. The SMILES string of the molecule is CCC(CCO)NC(=O)CCc1ncc(-c2ccc(F)cc2F)o1.